The highest BCUT2D eigenvalue weighted by Crippen LogP contribution is 2.15. The van der Waals surface area contributed by atoms with Gasteiger partial charge in [0.05, 0.1) is 11.0 Å². The van der Waals surface area contributed by atoms with Gasteiger partial charge in [-0.1, -0.05) is 0 Å². The van der Waals surface area contributed by atoms with Gasteiger partial charge in [-0.15, -0.1) is 0 Å². The van der Waals surface area contributed by atoms with Crippen molar-refractivity contribution in [3.05, 3.63) is 24.0 Å². The molecule has 0 saturated heterocycles. The SMILES string of the molecule is CC(C)N(C)CCc1nc2ccc(N)cc2[nH]1. The first-order valence-corrected chi connectivity index (χ1v) is 6.00. The number of hydrogen-bond donors (Lipinski definition) is 2. The molecule has 1 aromatic heterocycles. The number of nitrogens with zero attached hydrogens (tertiary/aromatic N) is 2. The van der Waals surface area contributed by atoms with Crippen LogP contribution in [0.3, 0.4) is 0 Å². The second-order valence-electron chi connectivity index (χ2n) is 4.78. The lowest BCUT2D eigenvalue weighted by Gasteiger charge is -2.19. The summed E-state index contributed by atoms with van der Waals surface area (Å²) in [6.07, 6.45) is 0.934. The fraction of sp³-hybridized carbons (Fsp3) is 0.462. The van der Waals surface area contributed by atoms with Crippen molar-refractivity contribution in [2.24, 2.45) is 0 Å². The Bertz CT molecular complexity index is 501. The Kier molecular flexibility index (Phi) is 3.33. The Morgan fingerprint density at radius 3 is 2.88 bits per heavy atom. The van der Waals surface area contributed by atoms with Crippen LogP contribution in [0.4, 0.5) is 5.69 Å². The molecule has 0 bridgehead atoms. The van der Waals surface area contributed by atoms with Crippen LogP contribution in [-0.2, 0) is 6.42 Å². The van der Waals surface area contributed by atoms with Gasteiger partial charge in [-0.2, -0.15) is 0 Å². The van der Waals surface area contributed by atoms with E-state index in [-0.39, 0.29) is 0 Å². The molecule has 2 aromatic rings. The molecule has 4 heteroatoms. The van der Waals surface area contributed by atoms with E-state index < -0.39 is 0 Å². The van der Waals surface area contributed by atoms with Crippen LogP contribution in [0.15, 0.2) is 18.2 Å². The van der Waals surface area contributed by atoms with E-state index in [2.05, 4.69) is 35.8 Å². The van der Waals surface area contributed by atoms with E-state index in [1.165, 1.54) is 0 Å². The summed E-state index contributed by atoms with van der Waals surface area (Å²) >= 11 is 0. The second kappa shape index (κ2) is 4.75. The Morgan fingerprint density at radius 1 is 1.41 bits per heavy atom. The zero-order chi connectivity index (χ0) is 12.4. The van der Waals surface area contributed by atoms with Crippen LogP contribution in [0.5, 0.6) is 0 Å². The van der Waals surface area contributed by atoms with Gasteiger partial charge in [-0.3, -0.25) is 0 Å². The van der Waals surface area contributed by atoms with Crippen molar-refractivity contribution in [1.82, 2.24) is 14.9 Å². The van der Waals surface area contributed by atoms with Gasteiger partial charge in [-0.25, -0.2) is 4.98 Å². The van der Waals surface area contributed by atoms with Gasteiger partial charge in [0.25, 0.3) is 0 Å². The van der Waals surface area contributed by atoms with Crippen molar-refractivity contribution in [1.29, 1.82) is 0 Å². The van der Waals surface area contributed by atoms with E-state index in [4.69, 9.17) is 5.73 Å². The molecule has 92 valence electrons. The van der Waals surface area contributed by atoms with Gasteiger partial charge in [0.2, 0.25) is 0 Å². The number of hydrogen-bond acceptors (Lipinski definition) is 3. The summed E-state index contributed by atoms with van der Waals surface area (Å²) in [6, 6.07) is 6.33. The predicted molar refractivity (Wildman–Crippen MR) is 72.0 cm³/mol. The highest BCUT2D eigenvalue weighted by molar-refractivity contribution is 5.78. The van der Waals surface area contributed by atoms with Crippen molar-refractivity contribution in [3.8, 4) is 0 Å². The van der Waals surface area contributed by atoms with Gasteiger partial charge in [0.15, 0.2) is 0 Å². The molecule has 0 unspecified atom stereocenters. The van der Waals surface area contributed by atoms with E-state index in [0.717, 1.165) is 35.5 Å². The molecule has 0 fully saturated rings. The molecule has 17 heavy (non-hydrogen) atoms. The van der Waals surface area contributed by atoms with Gasteiger partial charge in [-0.05, 0) is 39.1 Å². The van der Waals surface area contributed by atoms with Crippen molar-refractivity contribution in [2.45, 2.75) is 26.3 Å². The van der Waals surface area contributed by atoms with Crippen LogP contribution in [0, 0.1) is 0 Å². The molecule has 1 aromatic carbocycles. The van der Waals surface area contributed by atoms with Crippen molar-refractivity contribution in [3.63, 3.8) is 0 Å². The number of likely N-dealkylation sites (N-methyl/N-ethyl adjacent to an activating group) is 1. The maximum atomic E-state index is 5.74. The Balaban J connectivity index is 2.09. The average Bonchev–Trinajstić information content (AvgIpc) is 2.67. The third-order valence-electron chi connectivity index (χ3n) is 3.14. The second-order valence-corrected chi connectivity index (χ2v) is 4.78. The molecule has 0 saturated carbocycles. The fourth-order valence-electron chi connectivity index (χ4n) is 1.74. The van der Waals surface area contributed by atoms with Crippen LogP contribution in [0.1, 0.15) is 19.7 Å². The molecular formula is C13H20N4. The molecule has 4 nitrogen and oxygen atoms in total. The van der Waals surface area contributed by atoms with Crippen molar-refractivity contribution in [2.75, 3.05) is 19.3 Å². The van der Waals surface area contributed by atoms with Crippen molar-refractivity contribution < 1.29 is 0 Å². The van der Waals surface area contributed by atoms with Gasteiger partial charge < -0.3 is 15.6 Å². The van der Waals surface area contributed by atoms with Gasteiger partial charge >= 0.3 is 0 Å². The number of fused-ring (bicyclic) bond motifs is 1. The molecule has 0 spiro atoms. The molecule has 0 amide bonds. The molecule has 2 rings (SSSR count). The van der Waals surface area contributed by atoms with E-state index in [9.17, 15) is 0 Å². The standard InChI is InChI=1S/C13H20N4/c1-9(2)17(3)7-6-13-15-11-5-4-10(14)8-12(11)16-13/h4-5,8-9H,6-7,14H2,1-3H3,(H,15,16). The van der Waals surface area contributed by atoms with Crippen molar-refractivity contribution >= 4 is 16.7 Å². The van der Waals surface area contributed by atoms with Crippen LogP contribution in [-0.4, -0.2) is 34.5 Å². The first kappa shape index (κ1) is 11.9. The smallest absolute Gasteiger partial charge is 0.108 e. The lowest BCUT2D eigenvalue weighted by Crippen LogP contribution is -2.28. The number of nitrogen functional groups attached to an aromatic ring is 1. The highest BCUT2D eigenvalue weighted by atomic mass is 15.1. The first-order chi connectivity index (χ1) is 8.06. The third kappa shape index (κ3) is 2.77. The summed E-state index contributed by atoms with van der Waals surface area (Å²) in [4.78, 5) is 10.2. The topological polar surface area (TPSA) is 57.9 Å². The summed E-state index contributed by atoms with van der Waals surface area (Å²) in [5.41, 5.74) is 8.52. The summed E-state index contributed by atoms with van der Waals surface area (Å²) in [7, 11) is 2.13. The molecule has 0 aliphatic rings. The number of aromatic nitrogens is 2. The molecule has 0 radical (unpaired) electrons. The first-order valence-electron chi connectivity index (χ1n) is 6.00. The third-order valence-corrected chi connectivity index (χ3v) is 3.14. The number of nitrogens with one attached hydrogen (secondary N) is 1. The van der Waals surface area contributed by atoms with E-state index in [1.807, 2.05) is 18.2 Å². The summed E-state index contributed by atoms with van der Waals surface area (Å²) < 4.78 is 0. The molecule has 1 heterocycles. The molecule has 3 N–H and O–H groups in total. The number of imidazole rings is 1. The zero-order valence-corrected chi connectivity index (χ0v) is 10.7. The van der Waals surface area contributed by atoms with Crippen LogP contribution >= 0.6 is 0 Å². The van der Waals surface area contributed by atoms with Crippen LogP contribution < -0.4 is 5.73 Å². The van der Waals surface area contributed by atoms with E-state index in [0.29, 0.717) is 6.04 Å². The maximum absolute atomic E-state index is 5.74. The highest BCUT2D eigenvalue weighted by Gasteiger charge is 2.06. The Morgan fingerprint density at radius 2 is 2.18 bits per heavy atom. The normalized spacial score (nSPS) is 11.8. The van der Waals surface area contributed by atoms with Crippen LogP contribution in [0.2, 0.25) is 0 Å². The molecule has 0 aliphatic carbocycles. The fourth-order valence-corrected chi connectivity index (χ4v) is 1.74. The van der Waals surface area contributed by atoms with E-state index in [1.54, 1.807) is 0 Å². The lowest BCUT2D eigenvalue weighted by molar-refractivity contribution is 0.276. The quantitative estimate of drug-likeness (QED) is 0.793. The zero-order valence-electron chi connectivity index (χ0n) is 10.7. The molecular weight excluding hydrogens is 212 g/mol. The Labute approximate surface area is 102 Å². The number of rotatable bonds is 4. The number of aromatic amines is 1. The largest absolute Gasteiger partial charge is 0.399 e. The maximum Gasteiger partial charge on any atom is 0.108 e. The van der Waals surface area contributed by atoms with Gasteiger partial charge in [0.1, 0.15) is 5.82 Å². The summed E-state index contributed by atoms with van der Waals surface area (Å²) in [6.45, 7) is 5.39. The number of anilines is 1. The monoisotopic (exact) mass is 232 g/mol. The summed E-state index contributed by atoms with van der Waals surface area (Å²) in [5.74, 6) is 1.03. The average molecular weight is 232 g/mol. The van der Waals surface area contributed by atoms with Gasteiger partial charge in [0, 0.05) is 24.7 Å². The minimum atomic E-state index is 0.565. The minimum Gasteiger partial charge on any atom is -0.399 e. The predicted octanol–water partition coefficient (Wildman–Crippen LogP) is 2.03. The number of H-pyrrole nitrogens is 1. The summed E-state index contributed by atoms with van der Waals surface area (Å²) in [5, 5.41) is 0. The molecule has 0 aliphatic heterocycles. The number of benzene rings is 1. The number of nitrogens with two attached hydrogens (primary N) is 1. The Hall–Kier alpha value is -1.55. The van der Waals surface area contributed by atoms with E-state index >= 15 is 0 Å². The minimum absolute atomic E-state index is 0.565. The lowest BCUT2D eigenvalue weighted by atomic mass is 10.3. The molecule has 0 atom stereocenters. The van der Waals surface area contributed by atoms with Crippen LogP contribution in [0.25, 0.3) is 11.0 Å².